The van der Waals surface area contributed by atoms with E-state index in [-0.39, 0.29) is 12.4 Å². The number of carboxylic acid groups (broad SMARTS) is 1. The predicted octanol–water partition coefficient (Wildman–Crippen LogP) is 2.67. The van der Waals surface area contributed by atoms with E-state index in [2.05, 4.69) is 0 Å². The van der Waals surface area contributed by atoms with Crippen LogP contribution in [0.2, 0.25) is 5.31 Å². The van der Waals surface area contributed by atoms with Crippen LogP contribution in [0.4, 0.5) is 0 Å². The molecule has 0 saturated heterocycles. The largest absolute Gasteiger partial charge is 0.481 e. The zero-order valence-corrected chi connectivity index (χ0v) is 9.36. The molecule has 0 amide bonds. The summed E-state index contributed by atoms with van der Waals surface area (Å²) in [6, 6.07) is 0. The monoisotopic (exact) mass is 204 g/mol. The summed E-state index contributed by atoms with van der Waals surface area (Å²) in [4.78, 5) is 10.8. The van der Waals surface area contributed by atoms with Crippen LogP contribution in [0.3, 0.4) is 0 Å². The van der Waals surface area contributed by atoms with Gasteiger partial charge >= 0.3 is 5.97 Å². The lowest BCUT2D eigenvalue weighted by Gasteiger charge is -2.27. The van der Waals surface area contributed by atoms with Gasteiger partial charge in [-0.2, -0.15) is 0 Å². The Kier molecular flexibility index (Phi) is 7.42. The van der Waals surface area contributed by atoms with Crippen LogP contribution in [-0.2, 0) is 4.79 Å². The van der Waals surface area contributed by atoms with Crippen molar-refractivity contribution < 1.29 is 9.90 Å². The number of unbranched alkanes of at least 4 members (excludes halogenated alkanes) is 1. The van der Waals surface area contributed by atoms with Gasteiger partial charge in [-0.3, -0.25) is 4.79 Å². The predicted molar refractivity (Wildman–Crippen MR) is 57.7 cm³/mol. The van der Waals surface area contributed by atoms with Gasteiger partial charge in [0.2, 0.25) is 0 Å². The minimum Gasteiger partial charge on any atom is -0.481 e. The number of hydrogen-bond acceptors (Lipinski definition) is 1. The molecule has 0 aromatic heterocycles. The number of halogens is 1. The standard InChI is InChI=1S/C9H17BO2.ClH/c1-4-5-6-7(8(11)12)9(2,3)10;/h7H,4-6H2,1-3H3,(H,11,12);1H. The van der Waals surface area contributed by atoms with Gasteiger partial charge in [-0.15, -0.1) is 12.4 Å². The summed E-state index contributed by atoms with van der Waals surface area (Å²) in [6.45, 7) is 5.57. The molecule has 0 saturated carbocycles. The first-order valence-electron chi connectivity index (χ1n) is 4.41. The van der Waals surface area contributed by atoms with Gasteiger partial charge in [0.05, 0.1) is 13.8 Å². The molecular formula is C9H18BClO2. The normalized spacial score (nSPS) is 13.2. The smallest absolute Gasteiger partial charge is 0.306 e. The molecule has 0 aliphatic rings. The molecule has 0 aliphatic carbocycles. The van der Waals surface area contributed by atoms with Crippen LogP contribution in [0.1, 0.15) is 40.0 Å². The fourth-order valence-electron chi connectivity index (χ4n) is 1.22. The lowest BCUT2D eigenvalue weighted by atomic mass is 9.62. The minimum absolute atomic E-state index is 0. The molecule has 76 valence electrons. The Morgan fingerprint density at radius 1 is 1.54 bits per heavy atom. The van der Waals surface area contributed by atoms with Gasteiger partial charge in [0.25, 0.3) is 0 Å². The van der Waals surface area contributed by atoms with Crippen LogP contribution in [0.15, 0.2) is 0 Å². The highest BCUT2D eigenvalue weighted by atomic mass is 35.5. The molecule has 0 heterocycles. The van der Waals surface area contributed by atoms with Gasteiger partial charge in [0.1, 0.15) is 0 Å². The molecule has 0 aromatic carbocycles. The molecule has 0 fully saturated rings. The van der Waals surface area contributed by atoms with Crippen LogP contribution in [-0.4, -0.2) is 18.9 Å². The number of aliphatic carboxylic acids is 1. The second kappa shape index (κ2) is 6.30. The van der Waals surface area contributed by atoms with E-state index in [0.29, 0.717) is 6.42 Å². The third-order valence-electron chi connectivity index (χ3n) is 2.04. The molecule has 0 aromatic rings. The van der Waals surface area contributed by atoms with Crippen molar-refractivity contribution in [3.63, 3.8) is 0 Å². The zero-order chi connectivity index (χ0) is 9.78. The van der Waals surface area contributed by atoms with Gasteiger partial charge in [0, 0.05) is 0 Å². The topological polar surface area (TPSA) is 37.3 Å². The van der Waals surface area contributed by atoms with Gasteiger partial charge in [0.15, 0.2) is 0 Å². The van der Waals surface area contributed by atoms with E-state index in [4.69, 9.17) is 13.0 Å². The molecular weight excluding hydrogens is 186 g/mol. The molecule has 1 N–H and O–H groups in total. The second-order valence-electron chi connectivity index (χ2n) is 3.85. The average Bonchev–Trinajstić information content (AvgIpc) is 1.84. The second-order valence-corrected chi connectivity index (χ2v) is 3.85. The Hall–Kier alpha value is -0.175. The van der Waals surface area contributed by atoms with Crippen molar-refractivity contribution in [1.29, 1.82) is 0 Å². The Morgan fingerprint density at radius 3 is 2.23 bits per heavy atom. The fraction of sp³-hybridized carbons (Fsp3) is 0.889. The summed E-state index contributed by atoms with van der Waals surface area (Å²) in [7, 11) is 5.74. The Labute approximate surface area is 87.9 Å². The third-order valence-corrected chi connectivity index (χ3v) is 2.04. The van der Waals surface area contributed by atoms with Gasteiger partial charge in [-0.25, -0.2) is 0 Å². The van der Waals surface area contributed by atoms with Crippen molar-refractivity contribution in [3.05, 3.63) is 0 Å². The summed E-state index contributed by atoms with van der Waals surface area (Å²) >= 11 is 0. The maximum absolute atomic E-state index is 10.8. The van der Waals surface area contributed by atoms with E-state index >= 15 is 0 Å². The van der Waals surface area contributed by atoms with E-state index in [1.807, 2.05) is 6.92 Å². The first-order valence-corrected chi connectivity index (χ1v) is 4.41. The van der Waals surface area contributed by atoms with Crippen molar-refractivity contribution in [2.75, 3.05) is 0 Å². The lowest BCUT2D eigenvalue weighted by molar-refractivity contribution is -0.143. The van der Waals surface area contributed by atoms with Gasteiger partial charge in [-0.05, 0) is 6.42 Å². The highest BCUT2D eigenvalue weighted by Crippen LogP contribution is 2.34. The van der Waals surface area contributed by atoms with E-state index < -0.39 is 17.2 Å². The molecule has 0 spiro atoms. The molecule has 2 nitrogen and oxygen atoms in total. The molecule has 0 aliphatic heterocycles. The molecule has 0 bridgehead atoms. The quantitative estimate of drug-likeness (QED) is 0.699. The van der Waals surface area contributed by atoms with Crippen LogP contribution in [0.25, 0.3) is 0 Å². The molecule has 4 heteroatoms. The highest BCUT2D eigenvalue weighted by Gasteiger charge is 2.29. The van der Waals surface area contributed by atoms with Crippen molar-refractivity contribution in [2.45, 2.75) is 45.3 Å². The average molecular weight is 205 g/mol. The van der Waals surface area contributed by atoms with Gasteiger partial charge in [-0.1, -0.05) is 38.9 Å². The molecule has 1 unspecified atom stereocenters. The van der Waals surface area contributed by atoms with E-state index in [1.165, 1.54) is 0 Å². The molecule has 1 atom stereocenters. The van der Waals surface area contributed by atoms with Crippen LogP contribution >= 0.6 is 12.4 Å². The van der Waals surface area contributed by atoms with Crippen LogP contribution in [0.5, 0.6) is 0 Å². The minimum atomic E-state index is -0.782. The lowest BCUT2D eigenvalue weighted by Crippen LogP contribution is -2.25. The number of carboxylic acids is 1. The summed E-state index contributed by atoms with van der Waals surface area (Å²) < 4.78 is 0. The maximum Gasteiger partial charge on any atom is 0.306 e. The highest BCUT2D eigenvalue weighted by molar-refractivity contribution is 6.16. The van der Waals surface area contributed by atoms with Crippen molar-refractivity contribution in [2.24, 2.45) is 5.92 Å². The Morgan fingerprint density at radius 2 is 2.00 bits per heavy atom. The Balaban J connectivity index is 0. The van der Waals surface area contributed by atoms with Crippen LogP contribution in [0, 0.1) is 5.92 Å². The van der Waals surface area contributed by atoms with E-state index in [0.717, 1.165) is 12.8 Å². The molecule has 2 radical (unpaired) electrons. The number of rotatable bonds is 5. The zero-order valence-electron chi connectivity index (χ0n) is 8.54. The van der Waals surface area contributed by atoms with Crippen molar-refractivity contribution in [1.82, 2.24) is 0 Å². The first-order chi connectivity index (χ1) is 5.39. The Bertz CT molecular complexity index is 154. The van der Waals surface area contributed by atoms with E-state index in [9.17, 15) is 4.79 Å². The van der Waals surface area contributed by atoms with Gasteiger partial charge < -0.3 is 5.11 Å². The summed E-state index contributed by atoms with van der Waals surface area (Å²) in [5.74, 6) is -1.20. The first kappa shape index (κ1) is 15.3. The maximum atomic E-state index is 10.8. The summed E-state index contributed by atoms with van der Waals surface area (Å²) in [6.07, 6.45) is 2.62. The summed E-state index contributed by atoms with van der Waals surface area (Å²) in [5.41, 5.74) is 0. The number of carbonyl (C=O) groups is 1. The number of hydrogen-bond donors (Lipinski definition) is 1. The van der Waals surface area contributed by atoms with Crippen molar-refractivity contribution in [3.8, 4) is 0 Å². The van der Waals surface area contributed by atoms with E-state index in [1.54, 1.807) is 13.8 Å². The third kappa shape index (κ3) is 5.97. The fourth-order valence-corrected chi connectivity index (χ4v) is 1.22. The van der Waals surface area contributed by atoms with Crippen LogP contribution < -0.4 is 0 Å². The summed E-state index contributed by atoms with van der Waals surface area (Å²) in [5, 5.41) is 8.25. The SMILES string of the molecule is Cl.[B]C(C)(C)C(CCCC)C(=O)O. The molecule has 0 rings (SSSR count). The molecule has 13 heavy (non-hydrogen) atoms. The van der Waals surface area contributed by atoms with Crippen molar-refractivity contribution >= 4 is 26.2 Å².